The first-order valence-electron chi connectivity index (χ1n) is 7.39. The van der Waals surface area contributed by atoms with E-state index in [9.17, 15) is 4.79 Å². The van der Waals surface area contributed by atoms with E-state index < -0.39 is 5.97 Å². The number of halogens is 2. The summed E-state index contributed by atoms with van der Waals surface area (Å²) in [6.45, 7) is 0.928. The number of rotatable bonds is 4. The highest BCUT2D eigenvalue weighted by atomic mass is 35.5. The molecule has 0 spiro atoms. The lowest BCUT2D eigenvalue weighted by atomic mass is 10.1. The zero-order valence-corrected chi connectivity index (χ0v) is 14.8. The fourth-order valence-electron chi connectivity index (χ4n) is 2.24. The molecular formula is C18H14Cl2O5. The van der Waals surface area contributed by atoms with Crippen LogP contribution in [0.4, 0.5) is 0 Å². The lowest BCUT2D eigenvalue weighted by molar-refractivity contribution is -0.128. The molecule has 1 heterocycles. The van der Waals surface area contributed by atoms with Crippen molar-refractivity contribution in [2.75, 3.05) is 20.3 Å². The van der Waals surface area contributed by atoms with E-state index in [1.165, 1.54) is 12.1 Å². The number of carbonyl (C=O) groups is 1. The standard InChI is InChI=1S/C18H14Cl2O5/c1-22-15-8-11(9-16-18(15)24-7-6-23-16)2-5-17(21)25-12-3-4-13(19)14(20)10-12/h2-5,8-10H,6-7H2,1H3. The van der Waals surface area contributed by atoms with Gasteiger partial charge < -0.3 is 18.9 Å². The third-order valence-electron chi connectivity index (χ3n) is 3.37. The minimum atomic E-state index is -0.549. The Labute approximate surface area is 154 Å². The SMILES string of the molecule is COc1cc(C=CC(=O)Oc2ccc(Cl)c(Cl)c2)cc2c1OCCO2. The second kappa shape index (κ2) is 7.68. The van der Waals surface area contributed by atoms with Gasteiger partial charge in [0, 0.05) is 12.1 Å². The van der Waals surface area contributed by atoms with Gasteiger partial charge in [-0.1, -0.05) is 23.2 Å². The number of fused-ring (bicyclic) bond motifs is 1. The van der Waals surface area contributed by atoms with Crippen molar-refractivity contribution in [3.63, 3.8) is 0 Å². The van der Waals surface area contributed by atoms with Crippen molar-refractivity contribution in [1.29, 1.82) is 0 Å². The van der Waals surface area contributed by atoms with Crippen molar-refractivity contribution in [3.05, 3.63) is 52.0 Å². The number of carbonyl (C=O) groups excluding carboxylic acids is 1. The van der Waals surface area contributed by atoms with Crippen LogP contribution >= 0.6 is 23.2 Å². The highest BCUT2D eigenvalue weighted by molar-refractivity contribution is 6.42. The van der Waals surface area contributed by atoms with Gasteiger partial charge in [-0.2, -0.15) is 0 Å². The Bertz CT molecular complexity index is 815. The Balaban J connectivity index is 1.74. The summed E-state index contributed by atoms with van der Waals surface area (Å²) in [7, 11) is 1.54. The maximum Gasteiger partial charge on any atom is 0.336 e. The summed E-state index contributed by atoms with van der Waals surface area (Å²) in [5.74, 6) is 1.43. The third-order valence-corrected chi connectivity index (χ3v) is 4.11. The van der Waals surface area contributed by atoms with Crippen molar-refractivity contribution >= 4 is 35.2 Å². The van der Waals surface area contributed by atoms with Crippen LogP contribution in [0.3, 0.4) is 0 Å². The second-order valence-electron chi connectivity index (χ2n) is 5.08. The molecule has 1 aliphatic rings. The van der Waals surface area contributed by atoms with Gasteiger partial charge in [0.15, 0.2) is 11.5 Å². The molecular weight excluding hydrogens is 367 g/mol. The molecule has 2 aromatic carbocycles. The van der Waals surface area contributed by atoms with Crippen LogP contribution in [0.5, 0.6) is 23.0 Å². The van der Waals surface area contributed by atoms with Crippen LogP contribution in [-0.2, 0) is 4.79 Å². The Morgan fingerprint density at radius 2 is 1.92 bits per heavy atom. The van der Waals surface area contributed by atoms with E-state index in [0.29, 0.717) is 51.8 Å². The molecule has 1 aliphatic heterocycles. The number of hydrogen-bond donors (Lipinski definition) is 0. The highest BCUT2D eigenvalue weighted by Crippen LogP contribution is 2.40. The van der Waals surface area contributed by atoms with E-state index >= 15 is 0 Å². The summed E-state index contributed by atoms with van der Waals surface area (Å²) in [4.78, 5) is 12.0. The first-order chi connectivity index (χ1) is 12.1. The number of benzene rings is 2. The molecule has 5 nitrogen and oxygen atoms in total. The summed E-state index contributed by atoms with van der Waals surface area (Å²) in [5, 5.41) is 0.702. The maximum absolute atomic E-state index is 12.0. The molecule has 0 aliphatic carbocycles. The number of methoxy groups -OCH3 is 1. The van der Waals surface area contributed by atoms with Gasteiger partial charge in [-0.25, -0.2) is 4.79 Å². The average Bonchev–Trinajstić information content (AvgIpc) is 2.62. The molecule has 0 saturated heterocycles. The van der Waals surface area contributed by atoms with Crippen molar-refractivity contribution in [3.8, 4) is 23.0 Å². The van der Waals surface area contributed by atoms with Gasteiger partial charge in [-0.3, -0.25) is 0 Å². The van der Waals surface area contributed by atoms with Gasteiger partial charge in [-0.15, -0.1) is 0 Å². The van der Waals surface area contributed by atoms with Crippen molar-refractivity contribution in [2.24, 2.45) is 0 Å². The van der Waals surface area contributed by atoms with Crippen LogP contribution < -0.4 is 18.9 Å². The predicted molar refractivity (Wildman–Crippen MR) is 95.1 cm³/mol. The molecule has 0 unspecified atom stereocenters. The van der Waals surface area contributed by atoms with Gasteiger partial charge >= 0.3 is 5.97 Å². The van der Waals surface area contributed by atoms with Crippen LogP contribution in [0.25, 0.3) is 6.08 Å². The Kier molecular flexibility index (Phi) is 5.36. The minimum Gasteiger partial charge on any atom is -0.493 e. The molecule has 0 saturated carbocycles. The third kappa shape index (κ3) is 4.18. The number of hydrogen-bond acceptors (Lipinski definition) is 5. The Hall–Kier alpha value is -2.37. The summed E-state index contributed by atoms with van der Waals surface area (Å²) in [6.07, 6.45) is 2.90. The summed E-state index contributed by atoms with van der Waals surface area (Å²) in [6, 6.07) is 8.11. The van der Waals surface area contributed by atoms with Crippen LogP contribution in [-0.4, -0.2) is 26.3 Å². The lowest BCUT2D eigenvalue weighted by Gasteiger charge is -2.20. The van der Waals surface area contributed by atoms with Crippen LogP contribution in [0, 0.1) is 0 Å². The molecule has 0 bridgehead atoms. The van der Waals surface area contributed by atoms with Gasteiger partial charge in [-0.05, 0) is 35.9 Å². The van der Waals surface area contributed by atoms with Crippen LogP contribution in [0.15, 0.2) is 36.4 Å². The summed E-state index contributed by atoms with van der Waals surface area (Å²) in [5.41, 5.74) is 0.715. The van der Waals surface area contributed by atoms with Crippen molar-refractivity contribution in [1.82, 2.24) is 0 Å². The second-order valence-corrected chi connectivity index (χ2v) is 5.89. The van der Waals surface area contributed by atoms with Gasteiger partial charge in [0.25, 0.3) is 0 Å². The molecule has 0 radical (unpaired) electrons. The normalized spacial score (nSPS) is 12.9. The first-order valence-corrected chi connectivity index (χ1v) is 8.15. The largest absolute Gasteiger partial charge is 0.493 e. The Morgan fingerprint density at radius 3 is 2.68 bits per heavy atom. The zero-order valence-electron chi connectivity index (χ0n) is 13.3. The molecule has 0 fully saturated rings. The topological polar surface area (TPSA) is 54.0 Å². The fourth-order valence-corrected chi connectivity index (χ4v) is 2.53. The molecule has 7 heteroatoms. The minimum absolute atomic E-state index is 0.309. The van der Waals surface area contributed by atoms with E-state index in [4.69, 9.17) is 42.1 Å². The van der Waals surface area contributed by atoms with Crippen molar-refractivity contribution < 1.29 is 23.7 Å². The van der Waals surface area contributed by atoms with Crippen LogP contribution in [0.2, 0.25) is 10.0 Å². The van der Waals surface area contributed by atoms with Gasteiger partial charge in [0.1, 0.15) is 19.0 Å². The van der Waals surface area contributed by atoms with E-state index in [1.807, 2.05) is 0 Å². The van der Waals surface area contributed by atoms with E-state index in [-0.39, 0.29) is 0 Å². The fraction of sp³-hybridized carbons (Fsp3) is 0.167. The number of ether oxygens (including phenoxy) is 4. The predicted octanol–water partition coefficient (Wildman–Crippen LogP) is 4.39. The average molecular weight is 381 g/mol. The highest BCUT2D eigenvalue weighted by Gasteiger charge is 2.17. The zero-order chi connectivity index (χ0) is 17.8. The molecule has 3 rings (SSSR count). The molecule has 2 aromatic rings. The summed E-state index contributed by atoms with van der Waals surface area (Å²) < 4.78 is 21.6. The molecule has 0 atom stereocenters. The maximum atomic E-state index is 12.0. The molecule has 0 N–H and O–H groups in total. The smallest absolute Gasteiger partial charge is 0.336 e. The molecule has 130 valence electrons. The molecule has 0 amide bonds. The molecule has 0 aromatic heterocycles. The van der Waals surface area contributed by atoms with Crippen LogP contribution in [0.1, 0.15) is 5.56 Å². The monoisotopic (exact) mass is 380 g/mol. The van der Waals surface area contributed by atoms with E-state index in [2.05, 4.69) is 0 Å². The van der Waals surface area contributed by atoms with Gasteiger partial charge in [0.05, 0.1) is 17.2 Å². The van der Waals surface area contributed by atoms with Crippen molar-refractivity contribution in [2.45, 2.75) is 0 Å². The van der Waals surface area contributed by atoms with E-state index in [1.54, 1.807) is 37.5 Å². The first kappa shape index (κ1) is 17.5. The quantitative estimate of drug-likeness (QED) is 0.447. The lowest BCUT2D eigenvalue weighted by Crippen LogP contribution is -2.16. The van der Waals surface area contributed by atoms with Gasteiger partial charge in [0.2, 0.25) is 5.75 Å². The Morgan fingerprint density at radius 1 is 1.12 bits per heavy atom. The number of esters is 1. The summed E-state index contributed by atoms with van der Waals surface area (Å²) >= 11 is 11.7. The molecule has 25 heavy (non-hydrogen) atoms. The van der Waals surface area contributed by atoms with E-state index in [0.717, 1.165) is 0 Å².